The number of aryl methyl sites for hydroxylation is 1. The SMILES string of the molecule is Cc1cccc(Nc2ncnc(N(Cc3ccccc3)Cc3ccccc3)c2N)c1. The highest BCUT2D eigenvalue weighted by Crippen LogP contribution is 2.30. The molecule has 0 unspecified atom stereocenters. The van der Waals surface area contributed by atoms with Crippen LogP contribution in [0.5, 0.6) is 0 Å². The topological polar surface area (TPSA) is 67.1 Å². The highest BCUT2D eigenvalue weighted by Gasteiger charge is 2.16. The zero-order valence-corrected chi connectivity index (χ0v) is 17.0. The van der Waals surface area contributed by atoms with Crippen LogP contribution in [0.25, 0.3) is 0 Å². The van der Waals surface area contributed by atoms with Crippen LogP contribution in [0.2, 0.25) is 0 Å². The summed E-state index contributed by atoms with van der Waals surface area (Å²) in [5, 5.41) is 3.33. The quantitative estimate of drug-likeness (QED) is 0.443. The first-order valence-electron chi connectivity index (χ1n) is 9.96. The van der Waals surface area contributed by atoms with E-state index in [-0.39, 0.29) is 0 Å². The van der Waals surface area contributed by atoms with Crippen LogP contribution >= 0.6 is 0 Å². The molecule has 0 bridgehead atoms. The van der Waals surface area contributed by atoms with Crippen molar-refractivity contribution in [2.45, 2.75) is 20.0 Å². The number of benzene rings is 3. The van der Waals surface area contributed by atoms with Gasteiger partial charge in [-0.15, -0.1) is 0 Å². The Morgan fingerprint density at radius 3 is 2.03 bits per heavy atom. The van der Waals surface area contributed by atoms with E-state index in [2.05, 4.69) is 63.5 Å². The van der Waals surface area contributed by atoms with Gasteiger partial charge in [0.25, 0.3) is 0 Å². The van der Waals surface area contributed by atoms with Crippen LogP contribution in [-0.2, 0) is 13.1 Å². The van der Waals surface area contributed by atoms with E-state index in [1.807, 2.05) is 48.5 Å². The maximum atomic E-state index is 6.55. The second-order valence-corrected chi connectivity index (χ2v) is 7.28. The molecule has 5 heteroatoms. The lowest BCUT2D eigenvalue weighted by atomic mass is 10.1. The summed E-state index contributed by atoms with van der Waals surface area (Å²) in [5.74, 6) is 1.32. The Morgan fingerprint density at radius 2 is 1.43 bits per heavy atom. The first-order chi connectivity index (χ1) is 14.7. The van der Waals surface area contributed by atoms with Crippen molar-refractivity contribution in [3.63, 3.8) is 0 Å². The molecule has 0 amide bonds. The molecule has 30 heavy (non-hydrogen) atoms. The molecule has 0 atom stereocenters. The summed E-state index contributed by atoms with van der Waals surface area (Å²) in [6.45, 7) is 3.45. The third-order valence-corrected chi connectivity index (χ3v) is 4.88. The van der Waals surface area contributed by atoms with Gasteiger partial charge in [-0.2, -0.15) is 0 Å². The number of rotatable bonds is 7. The van der Waals surface area contributed by atoms with Crippen molar-refractivity contribution in [2.24, 2.45) is 0 Å². The number of nitrogen functional groups attached to an aromatic ring is 1. The first kappa shape index (κ1) is 19.5. The standard InChI is InChI=1S/C25H25N5/c1-19-9-8-14-22(15-19)29-24-23(26)25(28-18-27-24)30(16-20-10-4-2-5-11-20)17-21-12-6-3-7-13-21/h2-15,18H,16-17,26H2,1H3,(H,27,28,29). The fourth-order valence-electron chi connectivity index (χ4n) is 3.41. The van der Waals surface area contributed by atoms with Gasteiger partial charge in [0, 0.05) is 18.8 Å². The summed E-state index contributed by atoms with van der Waals surface area (Å²) < 4.78 is 0. The highest BCUT2D eigenvalue weighted by atomic mass is 15.2. The molecule has 5 nitrogen and oxygen atoms in total. The molecule has 4 rings (SSSR count). The van der Waals surface area contributed by atoms with Crippen LogP contribution in [0.4, 0.5) is 23.0 Å². The Balaban J connectivity index is 1.67. The first-order valence-corrected chi connectivity index (χ1v) is 9.96. The van der Waals surface area contributed by atoms with E-state index in [0.29, 0.717) is 30.4 Å². The monoisotopic (exact) mass is 395 g/mol. The molecule has 0 fully saturated rings. The fourth-order valence-corrected chi connectivity index (χ4v) is 3.41. The summed E-state index contributed by atoms with van der Waals surface area (Å²) in [7, 11) is 0. The van der Waals surface area contributed by atoms with Gasteiger partial charge in [-0.1, -0.05) is 72.8 Å². The van der Waals surface area contributed by atoms with Gasteiger partial charge in [0.2, 0.25) is 0 Å². The second-order valence-electron chi connectivity index (χ2n) is 7.28. The summed E-state index contributed by atoms with van der Waals surface area (Å²) in [4.78, 5) is 11.1. The molecule has 150 valence electrons. The van der Waals surface area contributed by atoms with Gasteiger partial charge in [-0.25, -0.2) is 9.97 Å². The number of hydrogen-bond donors (Lipinski definition) is 2. The van der Waals surface area contributed by atoms with Crippen LogP contribution in [-0.4, -0.2) is 9.97 Å². The van der Waals surface area contributed by atoms with E-state index >= 15 is 0 Å². The van der Waals surface area contributed by atoms with Crippen molar-refractivity contribution in [1.82, 2.24) is 9.97 Å². The zero-order valence-electron chi connectivity index (χ0n) is 17.0. The van der Waals surface area contributed by atoms with E-state index < -0.39 is 0 Å². The fraction of sp³-hybridized carbons (Fsp3) is 0.120. The molecule has 0 saturated heterocycles. The molecule has 3 N–H and O–H groups in total. The number of nitrogens with zero attached hydrogens (tertiary/aromatic N) is 3. The average Bonchev–Trinajstić information content (AvgIpc) is 2.76. The van der Waals surface area contributed by atoms with Gasteiger partial charge >= 0.3 is 0 Å². The largest absolute Gasteiger partial charge is 0.393 e. The summed E-state index contributed by atoms with van der Waals surface area (Å²) in [6.07, 6.45) is 1.56. The molecule has 1 aromatic heterocycles. The molecule has 0 saturated carbocycles. The van der Waals surface area contributed by atoms with Gasteiger partial charge in [-0.3, -0.25) is 0 Å². The number of anilines is 4. The van der Waals surface area contributed by atoms with E-state index in [4.69, 9.17) is 5.73 Å². The van der Waals surface area contributed by atoms with E-state index in [9.17, 15) is 0 Å². The third-order valence-electron chi connectivity index (χ3n) is 4.88. The highest BCUT2D eigenvalue weighted by molar-refractivity contribution is 5.78. The molecule has 0 aliphatic heterocycles. The third kappa shape index (κ3) is 4.75. The Hall–Kier alpha value is -3.86. The van der Waals surface area contributed by atoms with Crippen molar-refractivity contribution in [1.29, 1.82) is 0 Å². The number of aromatic nitrogens is 2. The number of nitrogens with one attached hydrogen (secondary N) is 1. The Morgan fingerprint density at radius 1 is 0.800 bits per heavy atom. The van der Waals surface area contributed by atoms with Gasteiger partial charge in [0.15, 0.2) is 11.6 Å². The Labute approximate surface area is 177 Å². The zero-order chi connectivity index (χ0) is 20.8. The normalized spacial score (nSPS) is 10.6. The van der Waals surface area contributed by atoms with Crippen molar-refractivity contribution in [3.05, 3.63) is 108 Å². The Kier molecular flexibility index (Phi) is 5.90. The molecule has 1 heterocycles. The lowest BCUT2D eigenvalue weighted by molar-refractivity contribution is 0.782. The van der Waals surface area contributed by atoms with Crippen molar-refractivity contribution >= 4 is 23.0 Å². The predicted octanol–water partition coefficient (Wildman–Crippen LogP) is 5.32. The van der Waals surface area contributed by atoms with Crippen LogP contribution in [0, 0.1) is 6.92 Å². The van der Waals surface area contributed by atoms with Gasteiger partial charge in [0.05, 0.1) is 0 Å². The van der Waals surface area contributed by atoms with Crippen molar-refractivity contribution < 1.29 is 0 Å². The molecule has 0 aliphatic rings. The Bertz CT molecular complexity index is 1060. The minimum absolute atomic E-state index is 0.533. The van der Waals surface area contributed by atoms with Gasteiger partial charge in [-0.05, 0) is 35.7 Å². The lowest BCUT2D eigenvalue weighted by Crippen LogP contribution is -2.24. The van der Waals surface area contributed by atoms with Crippen molar-refractivity contribution in [2.75, 3.05) is 16.0 Å². The molecule has 0 aliphatic carbocycles. The van der Waals surface area contributed by atoms with Crippen LogP contribution in [0.1, 0.15) is 16.7 Å². The maximum Gasteiger partial charge on any atom is 0.159 e. The number of nitrogens with two attached hydrogens (primary N) is 1. The molecular weight excluding hydrogens is 370 g/mol. The lowest BCUT2D eigenvalue weighted by Gasteiger charge is -2.26. The second kappa shape index (κ2) is 9.09. The smallest absolute Gasteiger partial charge is 0.159 e. The average molecular weight is 396 g/mol. The summed E-state index contributed by atoms with van der Waals surface area (Å²) in [5.41, 5.74) is 11.6. The molecular formula is C25H25N5. The molecule has 3 aromatic carbocycles. The van der Waals surface area contributed by atoms with Gasteiger partial charge < -0.3 is 16.0 Å². The van der Waals surface area contributed by atoms with Crippen molar-refractivity contribution in [3.8, 4) is 0 Å². The maximum absolute atomic E-state index is 6.55. The van der Waals surface area contributed by atoms with E-state index in [1.54, 1.807) is 6.33 Å². The predicted molar refractivity (Wildman–Crippen MR) is 124 cm³/mol. The summed E-state index contributed by atoms with van der Waals surface area (Å²) in [6, 6.07) is 28.8. The van der Waals surface area contributed by atoms with Crippen LogP contribution in [0.3, 0.4) is 0 Å². The molecule has 0 radical (unpaired) electrons. The molecule has 0 spiro atoms. The van der Waals surface area contributed by atoms with Crippen LogP contribution < -0.4 is 16.0 Å². The summed E-state index contributed by atoms with van der Waals surface area (Å²) >= 11 is 0. The minimum atomic E-state index is 0.533. The van der Waals surface area contributed by atoms with Gasteiger partial charge in [0.1, 0.15) is 12.0 Å². The van der Waals surface area contributed by atoms with E-state index in [1.165, 1.54) is 16.7 Å². The molecule has 4 aromatic rings. The van der Waals surface area contributed by atoms with E-state index in [0.717, 1.165) is 5.69 Å². The number of hydrogen-bond acceptors (Lipinski definition) is 5. The van der Waals surface area contributed by atoms with Crippen LogP contribution in [0.15, 0.2) is 91.3 Å². The minimum Gasteiger partial charge on any atom is -0.393 e.